The van der Waals surface area contributed by atoms with Gasteiger partial charge in [-0.15, -0.1) is 0 Å². The molecule has 1 aliphatic rings. The number of carbonyl (C=O) groups excluding carboxylic acids is 1. The van der Waals surface area contributed by atoms with E-state index < -0.39 is 6.10 Å². The number of amides is 1. The lowest BCUT2D eigenvalue weighted by Gasteiger charge is -2.29. The highest BCUT2D eigenvalue weighted by atomic mass is 35.5. The molecule has 1 aromatic rings. The second-order valence-electron chi connectivity index (χ2n) is 4.59. The fourth-order valence-electron chi connectivity index (χ4n) is 2.04. The van der Waals surface area contributed by atoms with Crippen molar-refractivity contribution in [1.82, 2.24) is 4.90 Å². The summed E-state index contributed by atoms with van der Waals surface area (Å²) in [7, 11) is 0. The molecule has 1 aromatic carbocycles. The summed E-state index contributed by atoms with van der Waals surface area (Å²) in [4.78, 5) is 13.6. The Morgan fingerprint density at radius 3 is 2.84 bits per heavy atom. The van der Waals surface area contributed by atoms with Crippen LogP contribution in [0.4, 0.5) is 0 Å². The third-order valence-corrected chi connectivity index (χ3v) is 3.81. The van der Waals surface area contributed by atoms with Crippen LogP contribution in [-0.2, 0) is 4.79 Å². The number of halogens is 2. The fraction of sp³-hybridized carbons (Fsp3) is 0.357. The van der Waals surface area contributed by atoms with Gasteiger partial charge in [-0.1, -0.05) is 29.3 Å². The number of benzene rings is 1. The molecule has 1 heterocycles. The molecule has 0 spiro atoms. The summed E-state index contributed by atoms with van der Waals surface area (Å²) in [6.07, 6.45) is 4.40. The highest BCUT2D eigenvalue weighted by Gasteiger charge is 2.20. The van der Waals surface area contributed by atoms with Crippen LogP contribution in [0.5, 0.6) is 0 Å². The van der Waals surface area contributed by atoms with E-state index in [1.54, 1.807) is 29.2 Å². The van der Waals surface area contributed by atoms with Crippen molar-refractivity contribution in [3.63, 3.8) is 0 Å². The van der Waals surface area contributed by atoms with E-state index in [2.05, 4.69) is 0 Å². The predicted molar refractivity (Wildman–Crippen MR) is 77.3 cm³/mol. The van der Waals surface area contributed by atoms with Crippen LogP contribution in [0.3, 0.4) is 0 Å². The van der Waals surface area contributed by atoms with Crippen molar-refractivity contribution in [3.05, 3.63) is 39.9 Å². The summed E-state index contributed by atoms with van der Waals surface area (Å²) in [5.74, 6) is -0.0928. The van der Waals surface area contributed by atoms with Gasteiger partial charge in [0.1, 0.15) is 0 Å². The number of nitrogens with zero attached hydrogens (tertiary/aromatic N) is 1. The molecule has 0 aromatic heterocycles. The van der Waals surface area contributed by atoms with Gasteiger partial charge in [-0.2, -0.15) is 0 Å². The van der Waals surface area contributed by atoms with Crippen molar-refractivity contribution in [1.29, 1.82) is 0 Å². The van der Waals surface area contributed by atoms with Crippen molar-refractivity contribution >= 4 is 35.2 Å². The van der Waals surface area contributed by atoms with Gasteiger partial charge in [0.25, 0.3) is 0 Å². The first-order valence-corrected chi connectivity index (χ1v) is 6.92. The average Bonchev–Trinajstić information content (AvgIpc) is 2.40. The van der Waals surface area contributed by atoms with E-state index in [9.17, 15) is 9.90 Å². The van der Waals surface area contributed by atoms with Gasteiger partial charge in [0, 0.05) is 19.2 Å². The Morgan fingerprint density at radius 1 is 1.37 bits per heavy atom. The molecule has 1 fully saturated rings. The van der Waals surface area contributed by atoms with Gasteiger partial charge >= 0.3 is 0 Å². The summed E-state index contributed by atoms with van der Waals surface area (Å²) >= 11 is 11.7. The first kappa shape index (κ1) is 14.4. The SMILES string of the molecule is O=C(/C=C/c1ccc(Cl)c(Cl)c1)N1CCC[C@H](O)C1. The molecule has 0 bridgehead atoms. The lowest BCUT2D eigenvalue weighted by Crippen LogP contribution is -2.41. The summed E-state index contributed by atoms with van der Waals surface area (Å²) < 4.78 is 0. The minimum Gasteiger partial charge on any atom is -0.391 e. The number of aliphatic hydroxyl groups excluding tert-OH is 1. The van der Waals surface area contributed by atoms with E-state index in [0.717, 1.165) is 18.4 Å². The Bertz CT molecular complexity index is 502. The van der Waals surface area contributed by atoms with Crippen molar-refractivity contribution < 1.29 is 9.90 Å². The number of rotatable bonds is 2. The predicted octanol–water partition coefficient (Wildman–Crippen LogP) is 2.99. The third-order valence-electron chi connectivity index (χ3n) is 3.07. The Balaban J connectivity index is 2.01. The van der Waals surface area contributed by atoms with Crippen LogP contribution in [-0.4, -0.2) is 35.1 Å². The number of likely N-dealkylation sites (tertiary alicyclic amines) is 1. The van der Waals surface area contributed by atoms with Gasteiger partial charge in [-0.25, -0.2) is 0 Å². The van der Waals surface area contributed by atoms with E-state index in [1.165, 1.54) is 6.08 Å². The number of hydrogen-bond donors (Lipinski definition) is 1. The number of hydrogen-bond acceptors (Lipinski definition) is 2. The summed E-state index contributed by atoms with van der Waals surface area (Å²) in [5.41, 5.74) is 0.820. The molecule has 1 N–H and O–H groups in total. The minimum absolute atomic E-state index is 0.0928. The fourth-order valence-corrected chi connectivity index (χ4v) is 2.35. The second-order valence-corrected chi connectivity index (χ2v) is 5.40. The number of carbonyl (C=O) groups is 1. The van der Waals surface area contributed by atoms with Gasteiger partial charge in [-0.05, 0) is 36.6 Å². The molecule has 1 atom stereocenters. The van der Waals surface area contributed by atoms with Crippen molar-refractivity contribution in [2.24, 2.45) is 0 Å². The third kappa shape index (κ3) is 3.96. The molecule has 1 saturated heterocycles. The van der Waals surface area contributed by atoms with Gasteiger partial charge in [-0.3, -0.25) is 4.79 Å². The Kier molecular flexibility index (Phi) is 4.86. The molecule has 0 unspecified atom stereocenters. The molecule has 102 valence electrons. The zero-order chi connectivity index (χ0) is 13.8. The largest absolute Gasteiger partial charge is 0.391 e. The monoisotopic (exact) mass is 299 g/mol. The Labute approximate surface area is 122 Å². The zero-order valence-corrected chi connectivity index (χ0v) is 11.9. The summed E-state index contributed by atoms with van der Waals surface area (Å²) in [6.45, 7) is 1.10. The van der Waals surface area contributed by atoms with Crippen LogP contribution < -0.4 is 0 Å². The lowest BCUT2D eigenvalue weighted by molar-refractivity contribution is -0.128. The lowest BCUT2D eigenvalue weighted by atomic mass is 10.1. The molecule has 0 saturated carbocycles. The maximum Gasteiger partial charge on any atom is 0.246 e. The molecule has 0 radical (unpaired) electrons. The van der Waals surface area contributed by atoms with Crippen LogP contribution in [0, 0.1) is 0 Å². The average molecular weight is 300 g/mol. The van der Waals surface area contributed by atoms with E-state index in [-0.39, 0.29) is 5.91 Å². The molecule has 5 heteroatoms. The molecule has 1 amide bonds. The van der Waals surface area contributed by atoms with Crippen molar-refractivity contribution in [2.45, 2.75) is 18.9 Å². The van der Waals surface area contributed by atoms with E-state index in [4.69, 9.17) is 23.2 Å². The Morgan fingerprint density at radius 2 is 2.16 bits per heavy atom. The maximum atomic E-state index is 11.9. The van der Waals surface area contributed by atoms with Crippen LogP contribution in [0.1, 0.15) is 18.4 Å². The maximum absolute atomic E-state index is 11.9. The normalized spacial score (nSPS) is 19.9. The quantitative estimate of drug-likeness (QED) is 0.853. The standard InChI is InChI=1S/C14H15Cl2NO2/c15-12-5-3-10(8-13(12)16)4-6-14(19)17-7-1-2-11(18)9-17/h3-6,8,11,18H,1-2,7,9H2/b6-4+/t11-/m0/s1. The Hall–Kier alpha value is -1.03. The number of piperidine rings is 1. The van der Waals surface area contributed by atoms with Crippen LogP contribution >= 0.6 is 23.2 Å². The first-order valence-electron chi connectivity index (χ1n) is 6.16. The molecule has 3 nitrogen and oxygen atoms in total. The van der Waals surface area contributed by atoms with Gasteiger partial charge < -0.3 is 10.0 Å². The van der Waals surface area contributed by atoms with Crippen molar-refractivity contribution in [2.75, 3.05) is 13.1 Å². The molecule has 19 heavy (non-hydrogen) atoms. The van der Waals surface area contributed by atoms with Crippen LogP contribution in [0.25, 0.3) is 6.08 Å². The molecule has 0 aliphatic carbocycles. The molecular weight excluding hydrogens is 285 g/mol. The first-order chi connectivity index (χ1) is 9.06. The molecular formula is C14H15Cl2NO2. The molecule has 1 aliphatic heterocycles. The molecule has 2 rings (SSSR count). The van der Waals surface area contributed by atoms with Gasteiger partial charge in [0.2, 0.25) is 5.91 Å². The minimum atomic E-state index is -0.406. The highest BCUT2D eigenvalue weighted by molar-refractivity contribution is 6.42. The highest BCUT2D eigenvalue weighted by Crippen LogP contribution is 2.23. The number of β-amino-alcohol motifs (C(OH)–C–C–N with tert-alkyl or cyclic N) is 1. The van der Waals surface area contributed by atoms with E-state index >= 15 is 0 Å². The topological polar surface area (TPSA) is 40.5 Å². The van der Waals surface area contributed by atoms with Crippen molar-refractivity contribution in [3.8, 4) is 0 Å². The summed E-state index contributed by atoms with van der Waals surface area (Å²) in [5, 5.41) is 10.5. The smallest absolute Gasteiger partial charge is 0.246 e. The van der Waals surface area contributed by atoms with E-state index in [0.29, 0.717) is 23.1 Å². The summed E-state index contributed by atoms with van der Waals surface area (Å²) in [6, 6.07) is 5.19. The van der Waals surface area contributed by atoms with E-state index in [1.807, 2.05) is 0 Å². The van der Waals surface area contributed by atoms with Crippen LogP contribution in [0.15, 0.2) is 24.3 Å². The van der Waals surface area contributed by atoms with Gasteiger partial charge in [0.05, 0.1) is 16.1 Å². The van der Waals surface area contributed by atoms with Crippen LogP contribution in [0.2, 0.25) is 10.0 Å². The second kappa shape index (κ2) is 6.42. The van der Waals surface area contributed by atoms with Gasteiger partial charge in [0.15, 0.2) is 0 Å². The zero-order valence-electron chi connectivity index (χ0n) is 10.4. The number of aliphatic hydroxyl groups is 1.